The topological polar surface area (TPSA) is 82.3 Å². The molecule has 6 heteroatoms. The van der Waals surface area contributed by atoms with Gasteiger partial charge in [0.05, 0.1) is 0 Å². The SMILES string of the molecule is O=C(NCCc1ccccc1)NCc1cccc(CNC(=O)NCCc2ccccc2)c1. The van der Waals surface area contributed by atoms with Crippen LogP contribution in [0.25, 0.3) is 0 Å². The summed E-state index contributed by atoms with van der Waals surface area (Å²) in [6.45, 7) is 2.01. The summed E-state index contributed by atoms with van der Waals surface area (Å²) in [5.41, 5.74) is 4.34. The number of hydrogen-bond donors (Lipinski definition) is 4. The first-order chi connectivity index (χ1) is 15.7. The first-order valence-corrected chi connectivity index (χ1v) is 10.9. The Labute approximate surface area is 189 Å². The fourth-order valence-electron chi connectivity index (χ4n) is 3.27. The second-order valence-electron chi connectivity index (χ2n) is 7.51. The molecular weight excluding hydrogens is 400 g/mol. The van der Waals surface area contributed by atoms with E-state index in [1.165, 1.54) is 11.1 Å². The third kappa shape index (κ3) is 8.52. The second kappa shape index (κ2) is 12.8. The van der Waals surface area contributed by atoms with Crippen LogP contribution in [-0.4, -0.2) is 25.2 Å². The van der Waals surface area contributed by atoms with Crippen LogP contribution in [0.5, 0.6) is 0 Å². The molecule has 0 aliphatic rings. The van der Waals surface area contributed by atoms with E-state index in [-0.39, 0.29) is 12.1 Å². The zero-order valence-electron chi connectivity index (χ0n) is 18.1. The van der Waals surface area contributed by atoms with Gasteiger partial charge in [0.1, 0.15) is 0 Å². The largest absolute Gasteiger partial charge is 0.338 e. The lowest BCUT2D eigenvalue weighted by molar-refractivity contribution is 0.240. The molecule has 0 unspecified atom stereocenters. The van der Waals surface area contributed by atoms with Crippen LogP contribution in [0, 0.1) is 0 Å². The predicted molar refractivity (Wildman–Crippen MR) is 127 cm³/mol. The molecule has 166 valence electrons. The molecule has 0 aliphatic heterocycles. The Bertz CT molecular complexity index is 901. The van der Waals surface area contributed by atoms with E-state index in [1.54, 1.807) is 0 Å². The van der Waals surface area contributed by atoms with Crippen molar-refractivity contribution in [2.75, 3.05) is 13.1 Å². The molecule has 32 heavy (non-hydrogen) atoms. The van der Waals surface area contributed by atoms with E-state index in [2.05, 4.69) is 21.3 Å². The van der Waals surface area contributed by atoms with Crippen molar-refractivity contribution < 1.29 is 9.59 Å². The van der Waals surface area contributed by atoms with Crippen LogP contribution in [0.15, 0.2) is 84.9 Å². The monoisotopic (exact) mass is 430 g/mol. The Morgan fingerprint density at radius 3 is 1.34 bits per heavy atom. The quantitative estimate of drug-likeness (QED) is 0.395. The maximum absolute atomic E-state index is 12.0. The lowest BCUT2D eigenvalue weighted by atomic mass is 10.1. The van der Waals surface area contributed by atoms with Gasteiger partial charge in [-0.1, -0.05) is 84.9 Å². The van der Waals surface area contributed by atoms with Gasteiger partial charge in [-0.15, -0.1) is 0 Å². The number of benzene rings is 3. The third-order valence-corrected chi connectivity index (χ3v) is 4.98. The van der Waals surface area contributed by atoms with E-state index in [1.807, 2.05) is 84.9 Å². The molecule has 0 radical (unpaired) electrons. The number of rotatable bonds is 10. The van der Waals surface area contributed by atoms with Crippen molar-refractivity contribution in [1.82, 2.24) is 21.3 Å². The third-order valence-electron chi connectivity index (χ3n) is 4.98. The summed E-state index contributed by atoms with van der Waals surface area (Å²) in [6, 6.07) is 27.5. The molecule has 3 aromatic carbocycles. The normalized spacial score (nSPS) is 10.2. The van der Waals surface area contributed by atoms with Gasteiger partial charge in [0.25, 0.3) is 0 Å². The summed E-state index contributed by atoms with van der Waals surface area (Å²) in [7, 11) is 0. The van der Waals surface area contributed by atoms with Gasteiger partial charge >= 0.3 is 12.1 Å². The average molecular weight is 431 g/mol. The highest BCUT2D eigenvalue weighted by Crippen LogP contribution is 2.05. The van der Waals surface area contributed by atoms with E-state index in [0.717, 1.165) is 24.0 Å². The Hall–Kier alpha value is -3.80. The van der Waals surface area contributed by atoms with Crippen molar-refractivity contribution >= 4 is 12.1 Å². The van der Waals surface area contributed by atoms with Gasteiger partial charge in [-0.2, -0.15) is 0 Å². The minimum absolute atomic E-state index is 0.192. The van der Waals surface area contributed by atoms with Crippen molar-refractivity contribution in [3.63, 3.8) is 0 Å². The molecule has 0 fully saturated rings. The summed E-state index contributed by atoms with van der Waals surface area (Å²) in [6.07, 6.45) is 1.59. The molecule has 3 aromatic rings. The number of amides is 4. The summed E-state index contributed by atoms with van der Waals surface area (Å²) in [5, 5.41) is 11.5. The summed E-state index contributed by atoms with van der Waals surface area (Å²) in [5.74, 6) is 0. The zero-order valence-corrected chi connectivity index (χ0v) is 18.1. The first kappa shape index (κ1) is 22.9. The van der Waals surface area contributed by atoms with Crippen LogP contribution >= 0.6 is 0 Å². The van der Waals surface area contributed by atoms with E-state index in [0.29, 0.717) is 26.2 Å². The Kier molecular flexibility index (Phi) is 9.15. The molecule has 0 saturated carbocycles. The zero-order chi connectivity index (χ0) is 22.4. The minimum atomic E-state index is -0.192. The fraction of sp³-hybridized carbons (Fsp3) is 0.231. The molecule has 6 nitrogen and oxygen atoms in total. The number of carbonyl (C=O) groups excluding carboxylic acids is 2. The molecule has 0 saturated heterocycles. The van der Waals surface area contributed by atoms with Gasteiger partial charge in [0, 0.05) is 26.2 Å². The van der Waals surface area contributed by atoms with Crippen molar-refractivity contribution in [2.24, 2.45) is 0 Å². The van der Waals surface area contributed by atoms with Crippen LogP contribution in [-0.2, 0) is 25.9 Å². The number of hydrogen-bond acceptors (Lipinski definition) is 2. The van der Waals surface area contributed by atoms with Crippen LogP contribution < -0.4 is 21.3 Å². The van der Waals surface area contributed by atoms with E-state index < -0.39 is 0 Å². The predicted octanol–water partition coefficient (Wildman–Crippen LogP) is 3.77. The molecule has 3 rings (SSSR count). The van der Waals surface area contributed by atoms with Gasteiger partial charge in [-0.25, -0.2) is 9.59 Å². The van der Waals surface area contributed by atoms with Crippen LogP contribution in [0.2, 0.25) is 0 Å². The molecular formula is C26H30N4O2. The summed E-state index contributed by atoms with van der Waals surface area (Å²) in [4.78, 5) is 24.0. The van der Waals surface area contributed by atoms with Crippen LogP contribution in [0.4, 0.5) is 9.59 Å². The molecule has 4 N–H and O–H groups in total. The van der Waals surface area contributed by atoms with Gasteiger partial charge < -0.3 is 21.3 Å². The average Bonchev–Trinajstić information content (AvgIpc) is 2.83. The molecule has 0 atom stereocenters. The lowest BCUT2D eigenvalue weighted by Crippen LogP contribution is -2.36. The number of carbonyl (C=O) groups is 2. The Balaban J connectivity index is 1.32. The maximum atomic E-state index is 12.0. The van der Waals surface area contributed by atoms with Gasteiger partial charge in [-0.05, 0) is 35.1 Å². The molecule has 0 spiro atoms. The van der Waals surface area contributed by atoms with Gasteiger partial charge in [0.15, 0.2) is 0 Å². The standard InChI is InChI=1S/C26H30N4O2/c31-25(27-16-14-21-8-3-1-4-9-21)29-19-23-12-7-13-24(18-23)20-30-26(32)28-17-15-22-10-5-2-6-11-22/h1-13,18H,14-17,19-20H2,(H2,27,29,31)(H2,28,30,32). The van der Waals surface area contributed by atoms with Crippen molar-refractivity contribution in [3.05, 3.63) is 107 Å². The maximum Gasteiger partial charge on any atom is 0.315 e. The van der Waals surface area contributed by atoms with E-state index in [4.69, 9.17) is 0 Å². The minimum Gasteiger partial charge on any atom is -0.338 e. The molecule has 0 bridgehead atoms. The van der Waals surface area contributed by atoms with Crippen LogP contribution in [0.3, 0.4) is 0 Å². The highest BCUT2D eigenvalue weighted by atomic mass is 16.2. The number of nitrogens with one attached hydrogen (secondary N) is 4. The molecule has 0 heterocycles. The highest BCUT2D eigenvalue weighted by molar-refractivity contribution is 5.74. The number of urea groups is 2. The fourth-order valence-corrected chi connectivity index (χ4v) is 3.27. The molecule has 0 aromatic heterocycles. The smallest absolute Gasteiger partial charge is 0.315 e. The highest BCUT2D eigenvalue weighted by Gasteiger charge is 2.04. The van der Waals surface area contributed by atoms with Crippen LogP contribution in [0.1, 0.15) is 22.3 Å². The Morgan fingerprint density at radius 2 is 0.906 bits per heavy atom. The van der Waals surface area contributed by atoms with Crippen molar-refractivity contribution in [1.29, 1.82) is 0 Å². The van der Waals surface area contributed by atoms with Gasteiger partial charge in [-0.3, -0.25) is 0 Å². The second-order valence-corrected chi connectivity index (χ2v) is 7.51. The Morgan fingerprint density at radius 1 is 0.500 bits per heavy atom. The van der Waals surface area contributed by atoms with E-state index >= 15 is 0 Å². The van der Waals surface area contributed by atoms with Gasteiger partial charge in [0.2, 0.25) is 0 Å². The van der Waals surface area contributed by atoms with Crippen molar-refractivity contribution in [2.45, 2.75) is 25.9 Å². The summed E-state index contributed by atoms with van der Waals surface area (Å²) < 4.78 is 0. The molecule has 0 aliphatic carbocycles. The first-order valence-electron chi connectivity index (χ1n) is 10.9. The van der Waals surface area contributed by atoms with E-state index in [9.17, 15) is 9.59 Å². The summed E-state index contributed by atoms with van der Waals surface area (Å²) >= 11 is 0. The van der Waals surface area contributed by atoms with Crippen molar-refractivity contribution in [3.8, 4) is 0 Å². The lowest BCUT2D eigenvalue weighted by Gasteiger charge is -2.10. The molecule has 4 amide bonds.